The van der Waals surface area contributed by atoms with Gasteiger partial charge in [-0.05, 0) is 24.3 Å². The lowest BCUT2D eigenvalue weighted by Crippen LogP contribution is -2.16. The summed E-state index contributed by atoms with van der Waals surface area (Å²) in [7, 11) is 0. The Morgan fingerprint density at radius 3 is 2.08 bits per heavy atom. The number of ether oxygens (including phenoxy) is 1. The quantitative estimate of drug-likeness (QED) is 0.759. The molecule has 0 atom stereocenters. The maximum Gasteiger partial charge on any atom is 0.573 e. The van der Waals surface area contributed by atoms with Crippen LogP contribution in [0.25, 0.3) is 0 Å². The zero-order chi connectivity index (χ0) is 9.90. The molecule has 0 heterocycles. The Bertz CT molecular complexity index is 272. The van der Waals surface area contributed by atoms with Crippen LogP contribution < -0.4 is 9.57 Å². The Labute approximate surface area is 77.4 Å². The normalized spacial score (nSPS) is 11.1. The van der Waals surface area contributed by atoms with Crippen LogP contribution in [0.5, 0.6) is 5.75 Å². The molecule has 0 aliphatic rings. The summed E-state index contributed by atoms with van der Waals surface area (Å²) in [6.07, 6.45) is -4.66. The third-order valence-corrected chi connectivity index (χ3v) is 1.42. The van der Waals surface area contributed by atoms with Gasteiger partial charge in [0.05, 0.1) is 0 Å². The summed E-state index contributed by atoms with van der Waals surface area (Å²) < 4.78 is 38.6. The SMILES string of the molecule is FC(F)(F)Oc1ccc(NCl)cc1. The molecule has 1 aromatic carbocycles. The van der Waals surface area contributed by atoms with Crippen LogP contribution in [0.15, 0.2) is 24.3 Å². The Kier molecular flexibility index (Phi) is 2.87. The molecule has 0 amide bonds. The number of rotatable bonds is 2. The predicted molar refractivity (Wildman–Crippen MR) is 42.6 cm³/mol. The molecular weight excluding hydrogens is 207 g/mol. The van der Waals surface area contributed by atoms with E-state index in [1.54, 1.807) is 0 Å². The number of nitrogens with one attached hydrogen (secondary N) is 1. The lowest BCUT2D eigenvalue weighted by Gasteiger charge is -2.08. The van der Waals surface area contributed by atoms with Crippen LogP contribution >= 0.6 is 11.8 Å². The van der Waals surface area contributed by atoms with Gasteiger partial charge >= 0.3 is 6.36 Å². The Morgan fingerprint density at radius 2 is 1.69 bits per heavy atom. The summed E-state index contributed by atoms with van der Waals surface area (Å²) in [5.41, 5.74) is 0.496. The van der Waals surface area contributed by atoms with Gasteiger partial charge in [0.15, 0.2) is 0 Å². The van der Waals surface area contributed by atoms with Crippen LogP contribution in [0.3, 0.4) is 0 Å². The van der Waals surface area contributed by atoms with Gasteiger partial charge in [0.25, 0.3) is 0 Å². The van der Waals surface area contributed by atoms with E-state index in [1.807, 2.05) is 0 Å². The van der Waals surface area contributed by atoms with Crippen LogP contribution in [-0.4, -0.2) is 6.36 Å². The van der Waals surface area contributed by atoms with Gasteiger partial charge in [0.1, 0.15) is 5.75 Å². The molecule has 2 nitrogen and oxygen atoms in total. The van der Waals surface area contributed by atoms with E-state index >= 15 is 0 Å². The summed E-state index contributed by atoms with van der Waals surface area (Å²) >= 11 is 5.20. The number of halogens is 4. The molecule has 0 spiro atoms. The van der Waals surface area contributed by atoms with Crippen molar-refractivity contribution in [3.8, 4) is 5.75 Å². The van der Waals surface area contributed by atoms with E-state index in [0.717, 1.165) is 12.1 Å². The van der Waals surface area contributed by atoms with Crippen molar-refractivity contribution in [1.29, 1.82) is 0 Å². The van der Waals surface area contributed by atoms with Crippen LogP contribution in [0.1, 0.15) is 0 Å². The average Bonchev–Trinajstić information content (AvgIpc) is 2.03. The highest BCUT2D eigenvalue weighted by Gasteiger charge is 2.30. The monoisotopic (exact) mass is 211 g/mol. The molecule has 0 bridgehead atoms. The number of benzene rings is 1. The topological polar surface area (TPSA) is 21.3 Å². The number of hydrogen-bond acceptors (Lipinski definition) is 2. The maximum absolute atomic E-state index is 11.7. The first-order valence-corrected chi connectivity index (χ1v) is 3.61. The van der Waals surface area contributed by atoms with E-state index in [-0.39, 0.29) is 5.75 Å². The summed E-state index contributed by atoms with van der Waals surface area (Å²) in [5.74, 6) is -0.275. The lowest BCUT2D eigenvalue weighted by atomic mass is 10.3. The number of anilines is 1. The van der Waals surface area contributed by atoms with E-state index in [0.29, 0.717) is 5.69 Å². The minimum atomic E-state index is -4.66. The molecule has 0 fully saturated rings. The van der Waals surface area contributed by atoms with Crippen LogP contribution in [0.4, 0.5) is 18.9 Å². The molecule has 0 radical (unpaired) electrons. The van der Waals surface area contributed by atoms with Crippen molar-refractivity contribution in [3.05, 3.63) is 24.3 Å². The van der Waals surface area contributed by atoms with Crippen molar-refractivity contribution in [3.63, 3.8) is 0 Å². The van der Waals surface area contributed by atoms with Gasteiger partial charge in [-0.15, -0.1) is 13.2 Å². The molecule has 0 aliphatic heterocycles. The van der Waals surface area contributed by atoms with Crippen LogP contribution in [-0.2, 0) is 0 Å². The molecule has 0 aromatic heterocycles. The maximum atomic E-state index is 11.7. The first-order valence-electron chi connectivity index (χ1n) is 3.24. The van der Waals surface area contributed by atoms with Gasteiger partial charge in [-0.2, -0.15) is 0 Å². The van der Waals surface area contributed by atoms with Crippen LogP contribution in [0, 0.1) is 0 Å². The van der Waals surface area contributed by atoms with E-state index in [2.05, 4.69) is 9.57 Å². The molecule has 72 valence electrons. The fourth-order valence-electron chi connectivity index (χ4n) is 0.720. The molecule has 0 unspecified atom stereocenters. The van der Waals surface area contributed by atoms with Gasteiger partial charge in [-0.25, -0.2) is 0 Å². The summed E-state index contributed by atoms with van der Waals surface area (Å²) in [4.78, 5) is 2.25. The van der Waals surface area contributed by atoms with Crippen LogP contribution in [0.2, 0.25) is 0 Å². The Hall–Kier alpha value is -1.10. The van der Waals surface area contributed by atoms with Crippen molar-refractivity contribution < 1.29 is 17.9 Å². The van der Waals surface area contributed by atoms with Gasteiger partial charge in [0, 0.05) is 17.5 Å². The second kappa shape index (κ2) is 3.74. The zero-order valence-corrected chi connectivity index (χ0v) is 6.99. The molecule has 13 heavy (non-hydrogen) atoms. The molecule has 6 heteroatoms. The first-order chi connectivity index (χ1) is 6.01. The second-order valence-electron chi connectivity index (χ2n) is 2.17. The minimum absolute atomic E-state index is 0.275. The highest BCUT2D eigenvalue weighted by molar-refractivity contribution is 6.23. The van der Waals surface area contributed by atoms with E-state index in [4.69, 9.17) is 11.8 Å². The van der Waals surface area contributed by atoms with E-state index < -0.39 is 6.36 Å². The van der Waals surface area contributed by atoms with E-state index in [9.17, 15) is 13.2 Å². The molecular formula is C7H5ClF3NO. The van der Waals surface area contributed by atoms with Gasteiger partial charge in [-0.3, -0.25) is 4.84 Å². The highest BCUT2D eigenvalue weighted by atomic mass is 35.5. The van der Waals surface area contributed by atoms with Crippen molar-refractivity contribution in [2.24, 2.45) is 0 Å². The minimum Gasteiger partial charge on any atom is -0.406 e. The first kappa shape index (κ1) is 9.98. The lowest BCUT2D eigenvalue weighted by molar-refractivity contribution is -0.274. The summed E-state index contributed by atoms with van der Waals surface area (Å²) in [6, 6.07) is 5.07. The smallest absolute Gasteiger partial charge is 0.406 e. The zero-order valence-electron chi connectivity index (χ0n) is 6.23. The van der Waals surface area contributed by atoms with Crippen molar-refractivity contribution in [2.45, 2.75) is 6.36 Å². The third-order valence-electron chi connectivity index (χ3n) is 1.20. The Balaban J connectivity index is 2.70. The predicted octanol–water partition coefficient (Wildman–Crippen LogP) is 3.15. The third kappa shape index (κ3) is 3.42. The highest BCUT2D eigenvalue weighted by Crippen LogP contribution is 2.23. The van der Waals surface area contributed by atoms with Gasteiger partial charge in [0.2, 0.25) is 0 Å². The molecule has 1 rings (SSSR count). The van der Waals surface area contributed by atoms with Crippen molar-refractivity contribution >= 4 is 17.5 Å². The van der Waals surface area contributed by atoms with Gasteiger partial charge in [-0.1, -0.05) is 0 Å². The number of alkyl halides is 3. The summed E-state index contributed by atoms with van der Waals surface area (Å²) in [5, 5.41) is 0. The fraction of sp³-hybridized carbons (Fsp3) is 0.143. The molecule has 0 aliphatic carbocycles. The van der Waals surface area contributed by atoms with E-state index in [1.165, 1.54) is 12.1 Å². The molecule has 1 aromatic rings. The molecule has 1 N–H and O–H groups in total. The average molecular weight is 212 g/mol. The largest absolute Gasteiger partial charge is 0.573 e. The molecule has 0 saturated carbocycles. The fourth-order valence-corrected chi connectivity index (χ4v) is 0.846. The molecule has 0 saturated heterocycles. The second-order valence-corrected chi connectivity index (χ2v) is 2.36. The standard InChI is InChI=1S/C7H5ClF3NO/c8-12-5-1-3-6(4-2-5)13-7(9,10)11/h1-4,12H. The van der Waals surface area contributed by atoms with Gasteiger partial charge < -0.3 is 4.74 Å². The summed E-state index contributed by atoms with van der Waals surface area (Å²) in [6.45, 7) is 0. The number of hydrogen-bond donors (Lipinski definition) is 1. The van der Waals surface area contributed by atoms with Crippen molar-refractivity contribution in [2.75, 3.05) is 4.84 Å². The van der Waals surface area contributed by atoms with Crippen molar-refractivity contribution in [1.82, 2.24) is 0 Å². The Morgan fingerprint density at radius 1 is 1.15 bits per heavy atom.